The molecule has 31 heavy (non-hydrogen) atoms. The maximum atomic E-state index is 13.6. The number of carbonyl (C=O) groups excluding carboxylic acids is 3. The van der Waals surface area contributed by atoms with Crippen molar-refractivity contribution in [1.29, 1.82) is 0 Å². The normalized spacial score (nSPS) is 21.9. The minimum Gasteiger partial charge on any atom is -0.444 e. The molecular weight excluding hydrogens is 408 g/mol. The lowest BCUT2D eigenvalue weighted by Crippen LogP contribution is -2.52. The monoisotopic (exact) mass is 437 g/mol. The molecule has 0 aliphatic carbocycles. The Bertz CT molecular complexity index is 835. The van der Waals surface area contributed by atoms with E-state index in [0.717, 1.165) is 37.5 Å². The minimum atomic E-state index is -0.776. The first kappa shape index (κ1) is 23.0. The van der Waals surface area contributed by atoms with Gasteiger partial charge in [0.15, 0.2) is 0 Å². The summed E-state index contributed by atoms with van der Waals surface area (Å²) >= 11 is 0. The van der Waals surface area contributed by atoms with Gasteiger partial charge in [0.2, 0.25) is 11.8 Å². The predicted molar refractivity (Wildman–Crippen MR) is 110 cm³/mol. The number of piperidine rings is 1. The number of ether oxygens (including phenoxy) is 1. The van der Waals surface area contributed by atoms with E-state index in [2.05, 4.69) is 5.32 Å². The van der Waals surface area contributed by atoms with Crippen LogP contribution in [0.25, 0.3) is 0 Å². The smallest absolute Gasteiger partial charge is 0.407 e. The van der Waals surface area contributed by atoms with Gasteiger partial charge < -0.3 is 19.9 Å². The van der Waals surface area contributed by atoms with Gasteiger partial charge in [-0.05, 0) is 52.2 Å². The molecule has 170 valence electrons. The van der Waals surface area contributed by atoms with Gasteiger partial charge in [-0.2, -0.15) is 0 Å². The number of likely N-dealkylation sites (tertiary alicyclic amines) is 1. The van der Waals surface area contributed by atoms with Gasteiger partial charge in [0.25, 0.3) is 0 Å². The molecule has 1 N–H and O–H groups in total. The molecule has 2 atom stereocenters. The van der Waals surface area contributed by atoms with E-state index >= 15 is 0 Å². The summed E-state index contributed by atoms with van der Waals surface area (Å²) in [7, 11) is 0. The Hall–Kier alpha value is -2.71. The van der Waals surface area contributed by atoms with Crippen LogP contribution in [0.5, 0.6) is 0 Å². The highest BCUT2D eigenvalue weighted by molar-refractivity contribution is 6.00. The third kappa shape index (κ3) is 5.92. The summed E-state index contributed by atoms with van der Waals surface area (Å²) in [6.07, 6.45) is 1.96. The summed E-state index contributed by atoms with van der Waals surface area (Å²) in [6, 6.07) is 2.72. The Morgan fingerprint density at radius 2 is 1.84 bits per heavy atom. The van der Waals surface area contributed by atoms with Gasteiger partial charge in [-0.3, -0.25) is 9.59 Å². The lowest BCUT2D eigenvalue weighted by Gasteiger charge is -2.37. The quantitative estimate of drug-likeness (QED) is 0.785. The van der Waals surface area contributed by atoms with Gasteiger partial charge in [-0.1, -0.05) is 0 Å². The fraction of sp³-hybridized carbons (Fsp3) is 0.591. The number of carbonyl (C=O) groups is 3. The first-order valence-electron chi connectivity index (χ1n) is 10.6. The molecule has 0 radical (unpaired) electrons. The molecule has 1 aromatic rings. The molecule has 2 aliphatic rings. The van der Waals surface area contributed by atoms with Crippen LogP contribution < -0.4 is 10.2 Å². The molecule has 3 rings (SSSR count). The van der Waals surface area contributed by atoms with Gasteiger partial charge in [-0.25, -0.2) is 13.6 Å². The standard InChI is InChI=1S/C22H29F2N3O4/c1-22(2,3)31-21(30)25-12-17-6-4-5-7-26(17)20(29)14-8-19(28)27(13-14)18-10-15(23)9-16(24)11-18/h9-11,14,17H,4-8,12-13H2,1-3H3,(H,25,30). The van der Waals surface area contributed by atoms with Crippen LogP contribution in [0.2, 0.25) is 0 Å². The minimum absolute atomic E-state index is 0.0142. The fourth-order valence-electron chi connectivity index (χ4n) is 4.07. The topological polar surface area (TPSA) is 79.0 Å². The van der Waals surface area contributed by atoms with Crippen molar-refractivity contribution in [1.82, 2.24) is 10.2 Å². The molecule has 7 nitrogen and oxygen atoms in total. The SMILES string of the molecule is CC(C)(C)OC(=O)NCC1CCCCN1C(=O)C1CC(=O)N(c2cc(F)cc(F)c2)C1. The second-order valence-electron chi connectivity index (χ2n) is 9.10. The molecule has 3 amide bonds. The molecule has 2 heterocycles. The highest BCUT2D eigenvalue weighted by Crippen LogP contribution is 2.29. The van der Waals surface area contributed by atoms with Gasteiger partial charge in [0.1, 0.15) is 17.2 Å². The molecular formula is C22H29F2N3O4. The molecule has 2 unspecified atom stereocenters. The Labute approximate surface area is 180 Å². The third-order valence-electron chi connectivity index (χ3n) is 5.42. The lowest BCUT2D eigenvalue weighted by molar-refractivity contribution is -0.139. The maximum absolute atomic E-state index is 13.6. The number of benzene rings is 1. The van der Waals surface area contributed by atoms with Crippen molar-refractivity contribution in [2.75, 3.05) is 24.5 Å². The van der Waals surface area contributed by atoms with Crippen LogP contribution in [0.4, 0.5) is 19.3 Å². The molecule has 2 saturated heterocycles. The number of rotatable bonds is 4. The van der Waals surface area contributed by atoms with Crippen molar-refractivity contribution in [2.45, 2.75) is 58.1 Å². The number of anilines is 1. The summed E-state index contributed by atoms with van der Waals surface area (Å²) in [5.74, 6) is -2.67. The van der Waals surface area contributed by atoms with Crippen LogP contribution in [0.15, 0.2) is 18.2 Å². The van der Waals surface area contributed by atoms with Crippen molar-refractivity contribution in [3.05, 3.63) is 29.8 Å². The summed E-state index contributed by atoms with van der Waals surface area (Å²) in [6.45, 7) is 6.20. The second-order valence-corrected chi connectivity index (χ2v) is 9.10. The Morgan fingerprint density at radius 3 is 2.48 bits per heavy atom. The molecule has 0 saturated carbocycles. The first-order valence-corrected chi connectivity index (χ1v) is 10.6. The van der Waals surface area contributed by atoms with Gasteiger partial charge in [-0.15, -0.1) is 0 Å². The van der Waals surface area contributed by atoms with E-state index in [-0.39, 0.29) is 43.1 Å². The van der Waals surface area contributed by atoms with Crippen LogP contribution in [0.3, 0.4) is 0 Å². The number of amides is 3. The van der Waals surface area contributed by atoms with Crippen molar-refractivity contribution in [3.63, 3.8) is 0 Å². The number of halogens is 2. The zero-order valence-electron chi connectivity index (χ0n) is 18.1. The highest BCUT2D eigenvalue weighted by Gasteiger charge is 2.40. The summed E-state index contributed by atoms with van der Waals surface area (Å²) in [4.78, 5) is 40.6. The molecule has 0 spiro atoms. The summed E-state index contributed by atoms with van der Waals surface area (Å²) in [5, 5.41) is 2.72. The van der Waals surface area contributed by atoms with E-state index in [0.29, 0.717) is 6.54 Å². The zero-order chi connectivity index (χ0) is 22.8. The van der Waals surface area contributed by atoms with Gasteiger partial charge in [0, 0.05) is 43.9 Å². The Balaban J connectivity index is 1.64. The number of hydrogen-bond donors (Lipinski definition) is 1. The number of nitrogens with zero attached hydrogens (tertiary/aromatic N) is 2. The van der Waals surface area contributed by atoms with Crippen molar-refractivity contribution in [3.8, 4) is 0 Å². The van der Waals surface area contributed by atoms with Gasteiger partial charge >= 0.3 is 6.09 Å². The fourth-order valence-corrected chi connectivity index (χ4v) is 4.07. The van der Waals surface area contributed by atoms with Gasteiger partial charge in [0.05, 0.1) is 5.92 Å². The van der Waals surface area contributed by atoms with Crippen LogP contribution in [-0.4, -0.2) is 54.1 Å². The average Bonchev–Trinajstić information content (AvgIpc) is 3.06. The molecule has 2 aliphatic heterocycles. The van der Waals surface area contributed by atoms with E-state index in [1.807, 2.05) is 0 Å². The third-order valence-corrected chi connectivity index (χ3v) is 5.42. The van der Waals surface area contributed by atoms with E-state index in [9.17, 15) is 23.2 Å². The lowest BCUT2D eigenvalue weighted by atomic mass is 9.98. The zero-order valence-corrected chi connectivity index (χ0v) is 18.1. The number of hydrogen-bond acceptors (Lipinski definition) is 4. The van der Waals surface area contributed by atoms with Crippen LogP contribution >= 0.6 is 0 Å². The average molecular weight is 437 g/mol. The maximum Gasteiger partial charge on any atom is 0.407 e. The van der Waals surface area contributed by atoms with E-state index in [4.69, 9.17) is 4.74 Å². The molecule has 2 fully saturated rings. The Morgan fingerprint density at radius 1 is 1.16 bits per heavy atom. The molecule has 0 bridgehead atoms. The predicted octanol–water partition coefficient (Wildman–Crippen LogP) is 3.22. The van der Waals surface area contributed by atoms with Crippen molar-refractivity contribution >= 4 is 23.6 Å². The second kappa shape index (κ2) is 9.20. The van der Waals surface area contributed by atoms with Crippen LogP contribution in [0.1, 0.15) is 46.5 Å². The van der Waals surface area contributed by atoms with Crippen molar-refractivity contribution < 1.29 is 27.9 Å². The number of nitrogens with one attached hydrogen (secondary N) is 1. The largest absolute Gasteiger partial charge is 0.444 e. The summed E-state index contributed by atoms with van der Waals surface area (Å²) < 4.78 is 32.4. The summed E-state index contributed by atoms with van der Waals surface area (Å²) in [5.41, 5.74) is -0.504. The Kier molecular flexibility index (Phi) is 6.81. The van der Waals surface area contributed by atoms with Crippen molar-refractivity contribution in [2.24, 2.45) is 5.92 Å². The highest BCUT2D eigenvalue weighted by atomic mass is 19.1. The molecule has 9 heteroatoms. The van der Waals surface area contributed by atoms with E-state index in [1.54, 1.807) is 25.7 Å². The molecule has 1 aromatic carbocycles. The van der Waals surface area contributed by atoms with Crippen LogP contribution in [-0.2, 0) is 14.3 Å². The van der Waals surface area contributed by atoms with E-state index in [1.165, 1.54) is 4.90 Å². The molecule has 0 aromatic heterocycles. The van der Waals surface area contributed by atoms with E-state index < -0.39 is 29.2 Å². The first-order chi connectivity index (χ1) is 14.5. The van der Waals surface area contributed by atoms with Crippen LogP contribution in [0, 0.1) is 17.6 Å². The number of alkyl carbamates (subject to hydrolysis) is 1.